The highest BCUT2D eigenvalue weighted by Crippen LogP contribution is 2.43. The minimum absolute atomic E-state index is 0.433. The highest BCUT2D eigenvalue weighted by Gasteiger charge is 2.35. The summed E-state index contributed by atoms with van der Waals surface area (Å²) < 4.78 is 0. The lowest BCUT2D eigenvalue weighted by atomic mass is 9.74. The van der Waals surface area contributed by atoms with Gasteiger partial charge in [-0.3, -0.25) is 0 Å². The third-order valence-corrected chi connectivity index (χ3v) is 4.66. The molecule has 1 heterocycles. The Morgan fingerprint density at radius 1 is 1.36 bits per heavy atom. The van der Waals surface area contributed by atoms with Crippen LogP contribution in [0.5, 0.6) is 0 Å². The summed E-state index contributed by atoms with van der Waals surface area (Å²) in [6.45, 7) is 0.433. The van der Waals surface area contributed by atoms with Crippen molar-refractivity contribution >= 4 is 11.8 Å². The molecule has 2 atom stereocenters. The Labute approximate surface area is 72.6 Å². The van der Waals surface area contributed by atoms with Gasteiger partial charge >= 0.3 is 0 Å². The van der Waals surface area contributed by atoms with Crippen molar-refractivity contribution in [2.45, 2.75) is 30.9 Å². The quantitative estimate of drug-likeness (QED) is 0.701. The average Bonchev–Trinajstić information content (AvgIpc) is 1.78. The van der Waals surface area contributed by atoms with Crippen LogP contribution < -0.4 is 0 Å². The Balaban J connectivity index is 1.83. The second-order valence-electron chi connectivity index (χ2n) is 3.74. The molecule has 0 spiro atoms. The van der Waals surface area contributed by atoms with Crippen LogP contribution in [0.3, 0.4) is 0 Å². The van der Waals surface area contributed by atoms with Crippen molar-refractivity contribution < 1.29 is 5.11 Å². The van der Waals surface area contributed by atoms with E-state index in [1.165, 1.54) is 31.4 Å². The van der Waals surface area contributed by atoms with Crippen LogP contribution >= 0.6 is 11.8 Å². The maximum absolute atomic E-state index is 9.18. The number of aliphatic hydroxyl groups is 1. The zero-order valence-electron chi connectivity index (χ0n) is 6.83. The largest absolute Gasteiger partial charge is 0.396 e. The molecular weight excluding hydrogens is 156 g/mol. The molecule has 0 amide bonds. The molecule has 2 aliphatic rings. The summed E-state index contributed by atoms with van der Waals surface area (Å²) in [6, 6.07) is 0. The maximum atomic E-state index is 9.18. The van der Waals surface area contributed by atoms with Crippen molar-refractivity contribution in [2.24, 2.45) is 11.8 Å². The second kappa shape index (κ2) is 3.36. The molecule has 0 radical (unpaired) electrons. The topological polar surface area (TPSA) is 20.2 Å². The minimum atomic E-state index is 0.433. The summed E-state index contributed by atoms with van der Waals surface area (Å²) >= 11 is 2.06. The van der Waals surface area contributed by atoms with E-state index in [2.05, 4.69) is 11.8 Å². The molecule has 0 bridgehead atoms. The molecule has 0 aromatic carbocycles. The Hall–Kier alpha value is 0.310. The number of hydrogen-bond donors (Lipinski definition) is 1. The van der Waals surface area contributed by atoms with Crippen LogP contribution in [0.1, 0.15) is 25.7 Å². The van der Waals surface area contributed by atoms with E-state index in [1.54, 1.807) is 0 Å². The fourth-order valence-electron chi connectivity index (χ4n) is 2.03. The van der Waals surface area contributed by atoms with Crippen LogP contribution in [-0.4, -0.2) is 22.7 Å². The van der Waals surface area contributed by atoms with Crippen LogP contribution in [0, 0.1) is 11.8 Å². The molecule has 1 N–H and O–H groups in total. The van der Waals surface area contributed by atoms with Crippen LogP contribution in [0.2, 0.25) is 0 Å². The van der Waals surface area contributed by atoms with E-state index < -0.39 is 0 Å². The number of thioether (sulfide) groups is 1. The molecule has 2 fully saturated rings. The van der Waals surface area contributed by atoms with E-state index in [1.807, 2.05) is 0 Å². The van der Waals surface area contributed by atoms with Crippen LogP contribution in [0.25, 0.3) is 0 Å². The maximum Gasteiger partial charge on any atom is 0.0472 e. The van der Waals surface area contributed by atoms with Crippen molar-refractivity contribution in [3.05, 3.63) is 0 Å². The Morgan fingerprint density at radius 3 is 2.36 bits per heavy atom. The molecule has 1 saturated heterocycles. The standard InChI is InChI=1S/C9H16OS/c10-6-8(7-2-1-3-7)9-4-5-11-9/h7-10H,1-6H2. The highest BCUT2D eigenvalue weighted by atomic mass is 32.2. The fraction of sp³-hybridized carbons (Fsp3) is 1.00. The first kappa shape index (κ1) is 7.93. The van der Waals surface area contributed by atoms with E-state index in [0.717, 1.165) is 11.2 Å². The van der Waals surface area contributed by atoms with Gasteiger partial charge in [-0.2, -0.15) is 11.8 Å². The number of aliphatic hydroxyl groups excluding tert-OH is 1. The molecule has 2 unspecified atom stereocenters. The zero-order chi connectivity index (χ0) is 7.68. The molecule has 2 rings (SSSR count). The molecule has 11 heavy (non-hydrogen) atoms. The van der Waals surface area contributed by atoms with Gasteiger partial charge in [-0.25, -0.2) is 0 Å². The van der Waals surface area contributed by atoms with Gasteiger partial charge in [-0.1, -0.05) is 19.3 Å². The van der Waals surface area contributed by atoms with Gasteiger partial charge in [0.15, 0.2) is 0 Å². The van der Waals surface area contributed by atoms with Crippen molar-refractivity contribution in [2.75, 3.05) is 12.4 Å². The van der Waals surface area contributed by atoms with Crippen molar-refractivity contribution in [3.8, 4) is 0 Å². The van der Waals surface area contributed by atoms with Crippen LogP contribution in [0.15, 0.2) is 0 Å². The highest BCUT2D eigenvalue weighted by molar-refractivity contribution is 8.01. The molecule has 64 valence electrons. The molecule has 1 aliphatic heterocycles. The van der Waals surface area contributed by atoms with E-state index in [9.17, 15) is 5.11 Å². The Bertz CT molecular complexity index is 116. The molecular formula is C9H16OS. The lowest BCUT2D eigenvalue weighted by molar-refractivity contribution is 0.118. The summed E-state index contributed by atoms with van der Waals surface area (Å²) in [5.41, 5.74) is 0. The summed E-state index contributed by atoms with van der Waals surface area (Å²) in [5, 5.41) is 9.99. The van der Waals surface area contributed by atoms with Gasteiger partial charge < -0.3 is 5.11 Å². The smallest absolute Gasteiger partial charge is 0.0472 e. The van der Waals surface area contributed by atoms with Crippen LogP contribution in [-0.2, 0) is 0 Å². The lowest BCUT2D eigenvalue weighted by Crippen LogP contribution is -2.37. The molecule has 1 aliphatic carbocycles. The van der Waals surface area contributed by atoms with E-state index in [0.29, 0.717) is 12.5 Å². The Kier molecular flexibility index (Phi) is 2.42. The van der Waals surface area contributed by atoms with Gasteiger partial charge in [-0.05, 0) is 24.0 Å². The zero-order valence-corrected chi connectivity index (χ0v) is 7.65. The van der Waals surface area contributed by atoms with Crippen molar-refractivity contribution in [3.63, 3.8) is 0 Å². The summed E-state index contributed by atoms with van der Waals surface area (Å²) in [4.78, 5) is 0. The SMILES string of the molecule is OCC(C1CCC1)C1CCS1. The monoisotopic (exact) mass is 172 g/mol. The lowest BCUT2D eigenvalue weighted by Gasteiger charge is -2.41. The van der Waals surface area contributed by atoms with Crippen molar-refractivity contribution in [1.29, 1.82) is 0 Å². The number of hydrogen-bond acceptors (Lipinski definition) is 2. The van der Waals surface area contributed by atoms with Crippen molar-refractivity contribution in [1.82, 2.24) is 0 Å². The molecule has 0 aromatic rings. The third-order valence-electron chi connectivity index (χ3n) is 3.18. The molecule has 1 saturated carbocycles. The predicted molar refractivity (Wildman–Crippen MR) is 48.8 cm³/mol. The summed E-state index contributed by atoms with van der Waals surface area (Å²) in [5.74, 6) is 2.84. The van der Waals surface area contributed by atoms with Gasteiger partial charge in [0.1, 0.15) is 0 Å². The van der Waals surface area contributed by atoms with Crippen LogP contribution in [0.4, 0.5) is 0 Å². The van der Waals surface area contributed by atoms with Gasteiger partial charge in [0.25, 0.3) is 0 Å². The van der Waals surface area contributed by atoms with E-state index >= 15 is 0 Å². The first-order valence-corrected chi connectivity index (χ1v) is 5.69. The second-order valence-corrected chi connectivity index (χ2v) is 5.08. The van der Waals surface area contributed by atoms with E-state index in [4.69, 9.17) is 0 Å². The van der Waals surface area contributed by atoms with Gasteiger partial charge in [0.05, 0.1) is 0 Å². The van der Waals surface area contributed by atoms with Gasteiger partial charge in [0, 0.05) is 11.9 Å². The Morgan fingerprint density at radius 2 is 2.09 bits per heavy atom. The normalized spacial score (nSPS) is 34.1. The number of rotatable bonds is 3. The third kappa shape index (κ3) is 1.43. The molecule has 0 aromatic heterocycles. The average molecular weight is 172 g/mol. The minimum Gasteiger partial charge on any atom is -0.396 e. The molecule has 2 heteroatoms. The van der Waals surface area contributed by atoms with Gasteiger partial charge in [0.2, 0.25) is 0 Å². The molecule has 1 nitrogen and oxygen atoms in total. The van der Waals surface area contributed by atoms with E-state index in [-0.39, 0.29) is 0 Å². The predicted octanol–water partition coefficient (Wildman–Crippen LogP) is 1.90. The summed E-state index contributed by atoms with van der Waals surface area (Å²) in [6.07, 6.45) is 5.51. The first-order valence-electron chi connectivity index (χ1n) is 4.64. The summed E-state index contributed by atoms with van der Waals surface area (Å²) in [7, 11) is 0. The fourth-order valence-corrected chi connectivity index (χ4v) is 3.09. The first-order chi connectivity index (χ1) is 5.42. The van der Waals surface area contributed by atoms with Gasteiger partial charge in [-0.15, -0.1) is 0 Å².